The second kappa shape index (κ2) is 9.12. The van der Waals surface area contributed by atoms with Gasteiger partial charge >= 0.3 is 0 Å². The number of halogens is 2. The Hall–Kier alpha value is -0.480. The highest BCUT2D eigenvalue weighted by Gasteiger charge is 2.23. The molecule has 0 amide bonds. The topological polar surface area (TPSA) is 24.5 Å². The van der Waals surface area contributed by atoms with Crippen LogP contribution < -0.4 is 10.1 Å². The number of likely N-dealkylation sites (tertiary alicyclic amines) is 1. The van der Waals surface area contributed by atoms with Crippen LogP contribution in [0.4, 0.5) is 0 Å². The lowest BCUT2D eigenvalue weighted by molar-refractivity contribution is 0.164. The fourth-order valence-corrected chi connectivity index (χ4v) is 3.49. The molecule has 1 N–H and O–H groups in total. The van der Waals surface area contributed by atoms with Gasteiger partial charge in [0.2, 0.25) is 0 Å². The van der Waals surface area contributed by atoms with E-state index in [1.807, 2.05) is 19.2 Å². The minimum Gasteiger partial charge on any atom is -0.493 e. The van der Waals surface area contributed by atoms with E-state index in [9.17, 15) is 0 Å². The van der Waals surface area contributed by atoms with Crippen molar-refractivity contribution in [2.75, 3.05) is 33.3 Å². The fraction of sp³-hybridized carbons (Fsp3) is 0.667. The summed E-state index contributed by atoms with van der Waals surface area (Å²) in [7, 11) is 2.04. The molecule has 2 aliphatic rings. The van der Waals surface area contributed by atoms with E-state index in [0.717, 1.165) is 48.8 Å². The molecule has 2 fully saturated rings. The maximum Gasteiger partial charge on any atom is 0.123 e. The van der Waals surface area contributed by atoms with Gasteiger partial charge in [-0.05, 0) is 75.9 Å². The molecule has 23 heavy (non-hydrogen) atoms. The molecule has 0 spiro atoms. The van der Waals surface area contributed by atoms with Crippen LogP contribution in [0.25, 0.3) is 0 Å². The van der Waals surface area contributed by atoms with Crippen LogP contribution in [0.15, 0.2) is 18.2 Å². The summed E-state index contributed by atoms with van der Waals surface area (Å²) in [5, 5.41) is 4.11. The standard InChI is InChI=1S/C18H27ClN2O.ClH/c1-20-10-15-3-2-8-21(11-15)12-16-9-17(19)6-7-18(16)22-13-14-4-5-14;/h6-7,9,14-15,20H,2-5,8,10-13H2,1H3;1H. The predicted molar refractivity (Wildman–Crippen MR) is 98.8 cm³/mol. The minimum atomic E-state index is 0. The zero-order valence-electron chi connectivity index (χ0n) is 13.9. The number of nitrogens with one attached hydrogen (secondary N) is 1. The van der Waals surface area contributed by atoms with Gasteiger partial charge < -0.3 is 10.1 Å². The van der Waals surface area contributed by atoms with Crippen molar-refractivity contribution in [3.63, 3.8) is 0 Å². The van der Waals surface area contributed by atoms with Gasteiger partial charge in [-0.1, -0.05) is 11.6 Å². The van der Waals surface area contributed by atoms with Crippen LogP contribution in [-0.4, -0.2) is 38.2 Å². The zero-order valence-corrected chi connectivity index (χ0v) is 15.5. The van der Waals surface area contributed by atoms with Gasteiger partial charge in [0.25, 0.3) is 0 Å². The summed E-state index contributed by atoms with van der Waals surface area (Å²) in [6.07, 6.45) is 5.25. The summed E-state index contributed by atoms with van der Waals surface area (Å²) in [5.41, 5.74) is 1.23. The summed E-state index contributed by atoms with van der Waals surface area (Å²) in [4.78, 5) is 2.54. The molecule has 1 unspecified atom stereocenters. The lowest BCUT2D eigenvalue weighted by Crippen LogP contribution is -2.38. The van der Waals surface area contributed by atoms with Crippen molar-refractivity contribution in [2.45, 2.75) is 32.2 Å². The Balaban J connectivity index is 0.00000192. The highest BCUT2D eigenvalue weighted by molar-refractivity contribution is 6.30. The molecule has 1 aromatic carbocycles. The van der Waals surface area contributed by atoms with Crippen molar-refractivity contribution in [1.29, 1.82) is 0 Å². The van der Waals surface area contributed by atoms with Crippen LogP contribution in [0.2, 0.25) is 5.02 Å². The smallest absolute Gasteiger partial charge is 0.123 e. The molecular weight excluding hydrogens is 331 g/mol. The SMILES string of the molecule is CNCC1CCCN(Cc2cc(Cl)ccc2OCC2CC2)C1.Cl. The Morgan fingerprint density at radius 1 is 1.26 bits per heavy atom. The number of piperidine rings is 1. The molecule has 0 radical (unpaired) electrons. The first-order valence-electron chi connectivity index (χ1n) is 8.53. The van der Waals surface area contributed by atoms with Crippen molar-refractivity contribution < 1.29 is 4.74 Å². The third-order valence-electron chi connectivity index (χ3n) is 4.68. The van der Waals surface area contributed by atoms with Crippen molar-refractivity contribution in [3.05, 3.63) is 28.8 Å². The Labute approximate surface area is 151 Å². The van der Waals surface area contributed by atoms with Gasteiger partial charge in [0.05, 0.1) is 6.61 Å². The molecule has 0 aromatic heterocycles. The number of hydrogen-bond donors (Lipinski definition) is 1. The van der Waals surface area contributed by atoms with Gasteiger partial charge in [-0.15, -0.1) is 12.4 Å². The first kappa shape index (κ1) is 18.9. The molecule has 3 nitrogen and oxygen atoms in total. The van der Waals surface area contributed by atoms with E-state index < -0.39 is 0 Å². The van der Waals surface area contributed by atoms with E-state index in [1.54, 1.807) is 0 Å². The molecule has 1 aliphatic heterocycles. The number of ether oxygens (including phenoxy) is 1. The molecule has 1 aromatic rings. The lowest BCUT2D eigenvalue weighted by Gasteiger charge is -2.33. The first-order valence-corrected chi connectivity index (χ1v) is 8.90. The fourth-order valence-electron chi connectivity index (χ4n) is 3.30. The van der Waals surface area contributed by atoms with E-state index in [-0.39, 0.29) is 12.4 Å². The molecule has 1 heterocycles. The van der Waals surface area contributed by atoms with Crippen LogP contribution >= 0.6 is 24.0 Å². The summed E-state index contributed by atoms with van der Waals surface area (Å²) in [5.74, 6) is 2.55. The Morgan fingerprint density at radius 2 is 2.09 bits per heavy atom. The summed E-state index contributed by atoms with van der Waals surface area (Å²) in [6, 6.07) is 6.05. The molecule has 0 bridgehead atoms. The number of rotatable bonds is 7. The molecule has 130 valence electrons. The molecule has 1 saturated carbocycles. The van der Waals surface area contributed by atoms with E-state index in [4.69, 9.17) is 16.3 Å². The molecule has 1 aliphatic carbocycles. The average molecular weight is 359 g/mol. The average Bonchev–Trinajstić information content (AvgIpc) is 3.31. The van der Waals surface area contributed by atoms with Crippen molar-refractivity contribution in [2.24, 2.45) is 11.8 Å². The lowest BCUT2D eigenvalue weighted by atomic mass is 9.97. The summed E-state index contributed by atoms with van der Waals surface area (Å²) >= 11 is 6.20. The van der Waals surface area contributed by atoms with Crippen molar-refractivity contribution >= 4 is 24.0 Å². The predicted octanol–water partition coefficient (Wildman–Crippen LogP) is 3.98. The van der Waals surface area contributed by atoms with Crippen LogP contribution in [0.3, 0.4) is 0 Å². The van der Waals surface area contributed by atoms with E-state index in [2.05, 4.69) is 16.3 Å². The first-order chi connectivity index (χ1) is 10.7. The second-order valence-electron chi connectivity index (χ2n) is 6.81. The van der Waals surface area contributed by atoms with E-state index in [0.29, 0.717) is 0 Å². The molecular formula is C18H28Cl2N2O. The quantitative estimate of drug-likeness (QED) is 0.797. The largest absolute Gasteiger partial charge is 0.493 e. The number of hydrogen-bond acceptors (Lipinski definition) is 3. The highest BCUT2D eigenvalue weighted by atomic mass is 35.5. The highest BCUT2D eigenvalue weighted by Crippen LogP contribution is 2.32. The zero-order chi connectivity index (χ0) is 15.4. The van der Waals surface area contributed by atoms with Gasteiger partial charge in [-0.3, -0.25) is 4.90 Å². The summed E-state index contributed by atoms with van der Waals surface area (Å²) in [6.45, 7) is 5.25. The minimum absolute atomic E-state index is 0. The molecule has 3 rings (SSSR count). The maximum atomic E-state index is 6.20. The van der Waals surface area contributed by atoms with Crippen molar-refractivity contribution in [3.8, 4) is 5.75 Å². The number of benzene rings is 1. The van der Waals surface area contributed by atoms with E-state index in [1.165, 1.54) is 37.8 Å². The van der Waals surface area contributed by atoms with E-state index >= 15 is 0 Å². The van der Waals surface area contributed by atoms with Gasteiger partial charge in [0.1, 0.15) is 5.75 Å². The van der Waals surface area contributed by atoms with Gasteiger partial charge in [-0.2, -0.15) is 0 Å². The van der Waals surface area contributed by atoms with Crippen molar-refractivity contribution in [1.82, 2.24) is 10.2 Å². The van der Waals surface area contributed by atoms with Gasteiger partial charge in [0, 0.05) is 23.7 Å². The number of nitrogens with zero attached hydrogens (tertiary/aromatic N) is 1. The second-order valence-corrected chi connectivity index (χ2v) is 7.24. The van der Waals surface area contributed by atoms with Crippen LogP contribution in [-0.2, 0) is 6.54 Å². The normalized spacial score (nSPS) is 21.7. The molecule has 1 saturated heterocycles. The summed E-state index contributed by atoms with van der Waals surface area (Å²) < 4.78 is 6.03. The monoisotopic (exact) mass is 358 g/mol. The Bertz CT molecular complexity index is 492. The van der Waals surface area contributed by atoms with Crippen LogP contribution in [0.5, 0.6) is 5.75 Å². The van der Waals surface area contributed by atoms with Crippen LogP contribution in [0, 0.1) is 11.8 Å². The van der Waals surface area contributed by atoms with Gasteiger partial charge in [-0.25, -0.2) is 0 Å². The van der Waals surface area contributed by atoms with Gasteiger partial charge in [0.15, 0.2) is 0 Å². The third-order valence-corrected chi connectivity index (χ3v) is 4.92. The maximum absolute atomic E-state index is 6.20. The Kier molecular flexibility index (Phi) is 7.48. The molecule has 5 heteroatoms. The van der Waals surface area contributed by atoms with Crippen LogP contribution in [0.1, 0.15) is 31.2 Å². The molecule has 1 atom stereocenters. The Morgan fingerprint density at radius 3 is 2.83 bits per heavy atom. The third kappa shape index (κ3) is 5.82.